The molecule has 1 aromatic rings. The summed E-state index contributed by atoms with van der Waals surface area (Å²) in [4.78, 5) is 6.73. The number of nitrogens with one attached hydrogen (secondary N) is 1. The molecular weight excluding hydrogens is 198 g/mol. The third-order valence-electron chi connectivity index (χ3n) is 3.25. The number of rotatable bonds is 3. The van der Waals surface area contributed by atoms with Gasteiger partial charge in [-0.1, -0.05) is 6.92 Å². The minimum Gasteiger partial charge on any atom is -0.384 e. The van der Waals surface area contributed by atoms with E-state index in [1.807, 2.05) is 12.4 Å². The average molecular weight is 219 g/mol. The van der Waals surface area contributed by atoms with Crippen LogP contribution in [0, 0.1) is 5.92 Å². The SMILES string of the molecule is CCNc1cncc(N2CCC(C)CC2)c1. The molecule has 3 nitrogen and oxygen atoms in total. The van der Waals surface area contributed by atoms with Gasteiger partial charge >= 0.3 is 0 Å². The lowest BCUT2D eigenvalue weighted by Gasteiger charge is -2.32. The second-order valence-electron chi connectivity index (χ2n) is 4.63. The highest BCUT2D eigenvalue weighted by molar-refractivity contribution is 5.55. The van der Waals surface area contributed by atoms with Crippen molar-refractivity contribution in [2.75, 3.05) is 29.9 Å². The second kappa shape index (κ2) is 5.19. The van der Waals surface area contributed by atoms with Gasteiger partial charge in [-0.05, 0) is 31.7 Å². The number of aromatic nitrogens is 1. The summed E-state index contributed by atoms with van der Waals surface area (Å²) in [6.45, 7) is 7.72. The lowest BCUT2D eigenvalue weighted by Crippen LogP contribution is -2.32. The summed E-state index contributed by atoms with van der Waals surface area (Å²) >= 11 is 0. The van der Waals surface area contributed by atoms with Gasteiger partial charge in [-0.15, -0.1) is 0 Å². The smallest absolute Gasteiger partial charge is 0.0573 e. The van der Waals surface area contributed by atoms with E-state index >= 15 is 0 Å². The van der Waals surface area contributed by atoms with Gasteiger partial charge in [-0.2, -0.15) is 0 Å². The summed E-state index contributed by atoms with van der Waals surface area (Å²) in [5.41, 5.74) is 2.38. The summed E-state index contributed by atoms with van der Waals surface area (Å²) in [5.74, 6) is 0.876. The maximum Gasteiger partial charge on any atom is 0.0573 e. The molecule has 1 saturated heterocycles. The van der Waals surface area contributed by atoms with E-state index in [2.05, 4.69) is 35.1 Å². The Balaban J connectivity index is 2.05. The maximum atomic E-state index is 4.29. The summed E-state index contributed by atoms with van der Waals surface area (Å²) < 4.78 is 0. The minimum absolute atomic E-state index is 0.876. The van der Waals surface area contributed by atoms with Crippen LogP contribution in [0.5, 0.6) is 0 Å². The first-order valence-corrected chi connectivity index (χ1v) is 6.23. The lowest BCUT2D eigenvalue weighted by molar-refractivity contribution is 0.438. The zero-order valence-corrected chi connectivity index (χ0v) is 10.2. The molecule has 0 aromatic carbocycles. The fraction of sp³-hybridized carbons (Fsp3) is 0.615. The molecule has 0 unspecified atom stereocenters. The topological polar surface area (TPSA) is 28.2 Å². The Hall–Kier alpha value is -1.25. The molecule has 16 heavy (non-hydrogen) atoms. The lowest BCUT2D eigenvalue weighted by atomic mass is 9.99. The van der Waals surface area contributed by atoms with Crippen LogP contribution in [0.4, 0.5) is 11.4 Å². The molecule has 1 aliphatic heterocycles. The standard InChI is InChI=1S/C13H21N3/c1-3-15-12-8-13(10-14-9-12)16-6-4-11(2)5-7-16/h8-11,15H,3-7H2,1-2H3. The van der Waals surface area contributed by atoms with Gasteiger partial charge in [0.15, 0.2) is 0 Å². The molecule has 1 N–H and O–H groups in total. The normalized spacial score (nSPS) is 17.5. The van der Waals surface area contributed by atoms with Crippen LogP contribution in [0.3, 0.4) is 0 Å². The van der Waals surface area contributed by atoms with Crippen LogP contribution >= 0.6 is 0 Å². The van der Waals surface area contributed by atoms with Crippen LogP contribution in [-0.2, 0) is 0 Å². The molecule has 0 saturated carbocycles. The van der Waals surface area contributed by atoms with Gasteiger partial charge in [-0.3, -0.25) is 4.98 Å². The summed E-state index contributed by atoms with van der Waals surface area (Å²) in [6, 6.07) is 2.20. The maximum absolute atomic E-state index is 4.29. The third kappa shape index (κ3) is 2.65. The van der Waals surface area contributed by atoms with E-state index in [9.17, 15) is 0 Å². The summed E-state index contributed by atoms with van der Waals surface area (Å²) in [5, 5.41) is 3.31. The van der Waals surface area contributed by atoms with Crippen molar-refractivity contribution in [3.05, 3.63) is 18.5 Å². The molecule has 2 rings (SSSR count). The van der Waals surface area contributed by atoms with Gasteiger partial charge in [0.2, 0.25) is 0 Å². The molecule has 0 radical (unpaired) electrons. The van der Waals surface area contributed by atoms with Gasteiger partial charge in [0.05, 0.1) is 23.8 Å². The largest absolute Gasteiger partial charge is 0.384 e. The number of nitrogens with zero attached hydrogens (tertiary/aromatic N) is 2. The van der Waals surface area contributed by atoms with Crippen LogP contribution in [-0.4, -0.2) is 24.6 Å². The molecule has 1 aliphatic rings. The Kier molecular flexibility index (Phi) is 3.65. The van der Waals surface area contributed by atoms with Crippen LogP contribution < -0.4 is 10.2 Å². The first-order valence-electron chi connectivity index (χ1n) is 6.23. The van der Waals surface area contributed by atoms with Crippen molar-refractivity contribution >= 4 is 11.4 Å². The van der Waals surface area contributed by atoms with Gasteiger partial charge in [0, 0.05) is 19.6 Å². The first kappa shape index (κ1) is 11.2. The summed E-state index contributed by atoms with van der Waals surface area (Å²) in [7, 11) is 0. The number of anilines is 2. The van der Waals surface area contributed by atoms with Gasteiger partial charge in [0.1, 0.15) is 0 Å². The second-order valence-corrected chi connectivity index (χ2v) is 4.63. The monoisotopic (exact) mass is 219 g/mol. The van der Waals surface area contributed by atoms with Crippen LogP contribution in [0.2, 0.25) is 0 Å². The Morgan fingerprint density at radius 3 is 2.81 bits per heavy atom. The van der Waals surface area contributed by atoms with E-state index in [1.165, 1.54) is 31.6 Å². The van der Waals surface area contributed by atoms with Crippen molar-refractivity contribution in [1.82, 2.24) is 4.98 Å². The fourth-order valence-electron chi connectivity index (χ4n) is 2.17. The number of piperidine rings is 1. The van der Waals surface area contributed by atoms with Crippen molar-refractivity contribution in [2.45, 2.75) is 26.7 Å². The van der Waals surface area contributed by atoms with Crippen molar-refractivity contribution < 1.29 is 0 Å². The van der Waals surface area contributed by atoms with Crippen LogP contribution in [0.25, 0.3) is 0 Å². The fourth-order valence-corrected chi connectivity index (χ4v) is 2.17. The molecule has 2 heterocycles. The van der Waals surface area contributed by atoms with Crippen LogP contribution in [0.15, 0.2) is 18.5 Å². The molecule has 0 amide bonds. The molecule has 1 fully saturated rings. The predicted molar refractivity (Wildman–Crippen MR) is 69.0 cm³/mol. The summed E-state index contributed by atoms with van der Waals surface area (Å²) in [6.07, 6.45) is 6.45. The molecule has 88 valence electrons. The Bertz CT molecular complexity index is 330. The van der Waals surface area contributed by atoms with Crippen molar-refractivity contribution in [2.24, 2.45) is 5.92 Å². The highest BCUT2D eigenvalue weighted by Crippen LogP contribution is 2.24. The van der Waals surface area contributed by atoms with E-state index < -0.39 is 0 Å². The zero-order chi connectivity index (χ0) is 11.4. The molecule has 0 bridgehead atoms. The average Bonchev–Trinajstić information content (AvgIpc) is 2.31. The Labute approximate surface area is 97.9 Å². The highest BCUT2D eigenvalue weighted by Gasteiger charge is 2.16. The molecule has 0 atom stereocenters. The Morgan fingerprint density at radius 2 is 2.12 bits per heavy atom. The number of hydrogen-bond acceptors (Lipinski definition) is 3. The zero-order valence-electron chi connectivity index (χ0n) is 10.2. The van der Waals surface area contributed by atoms with E-state index in [4.69, 9.17) is 0 Å². The van der Waals surface area contributed by atoms with Crippen molar-refractivity contribution in [1.29, 1.82) is 0 Å². The number of pyridine rings is 1. The highest BCUT2D eigenvalue weighted by atomic mass is 15.1. The number of hydrogen-bond donors (Lipinski definition) is 1. The third-order valence-corrected chi connectivity index (χ3v) is 3.25. The molecule has 1 aromatic heterocycles. The van der Waals surface area contributed by atoms with Crippen LogP contribution in [0.1, 0.15) is 26.7 Å². The van der Waals surface area contributed by atoms with E-state index in [0.717, 1.165) is 18.2 Å². The van der Waals surface area contributed by atoms with E-state index in [-0.39, 0.29) is 0 Å². The molecular formula is C13H21N3. The van der Waals surface area contributed by atoms with Gasteiger partial charge in [0.25, 0.3) is 0 Å². The van der Waals surface area contributed by atoms with E-state index in [1.54, 1.807) is 0 Å². The minimum atomic E-state index is 0.876. The molecule has 0 spiro atoms. The Morgan fingerprint density at radius 1 is 1.38 bits per heavy atom. The van der Waals surface area contributed by atoms with Crippen molar-refractivity contribution in [3.8, 4) is 0 Å². The molecule has 3 heteroatoms. The quantitative estimate of drug-likeness (QED) is 0.847. The van der Waals surface area contributed by atoms with Gasteiger partial charge < -0.3 is 10.2 Å². The van der Waals surface area contributed by atoms with Crippen molar-refractivity contribution in [3.63, 3.8) is 0 Å². The van der Waals surface area contributed by atoms with Gasteiger partial charge in [-0.25, -0.2) is 0 Å². The molecule has 0 aliphatic carbocycles. The first-order chi connectivity index (χ1) is 7.79. The van der Waals surface area contributed by atoms with E-state index in [0.29, 0.717) is 0 Å². The predicted octanol–water partition coefficient (Wildman–Crippen LogP) is 2.75.